The van der Waals surface area contributed by atoms with Crippen molar-refractivity contribution in [1.82, 2.24) is 0 Å². The molecule has 3 aromatic carbocycles. The summed E-state index contributed by atoms with van der Waals surface area (Å²) in [5.41, 5.74) is 3.97. The number of nitrogens with zero attached hydrogens (tertiary/aromatic N) is 1. The second kappa shape index (κ2) is 7.25. The Morgan fingerprint density at radius 2 is 1.64 bits per heavy atom. The minimum Gasteiger partial charge on any atom is -0.508 e. The molecule has 3 N–H and O–H groups in total. The average Bonchev–Trinajstić information content (AvgIpc) is 2.62. The average molecular weight is 337 g/mol. The summed E-state index contributed by atoms with van der Waals surface area (Å²) in [4.78, 5) is 0. The van der Waals surface area contributed by atoms with E-state index < -0.39 is 0 Å². The number of benzene rings is 3. The molecule has 128 valence electrons. The van der Waals surface area contributed by atoms with Gasteiger partial charge in [-0.05, 0) is 59.5 Å². The van der Waals surface area contributed by atoms with E-state index in [1.807, 2.05) is 36.4 Å². The van der Waals surface area contributed by atoms with Gasteiger partial charge in [0.2, 0.25) is 0 Å². The molecule has 25 heavy (non-hydrogen) atoms. The lowest BCUT2D eigenvalue weighted by Gasteiger charge is -2.14. The molecule has 0 radical (unpaired) electrons. The van der Waals surface area contributed by atoms with Crippen molar-refractivity contribution in [3.05, 3.63) is 77.9 Å². The molecule has 5 heteroatoms. The number of phenolic OH excluding ortho intramolecular Hbond substituents is 1. The van der Waals surface area contributed by atoms with Crippen molar-refractivity contribution in [3.8, 4) is 22.6 Å². The van der Waals surface area contributed by atoms with Gasteiger partial charge < -0.3 is 9.84 Å². The molecule has 0 amide bonds. The lowest BCUT2D eigenvalue weighted by atomic mass is 9.98. The molecule has 0 fully saturated rings. The summed E-state index contributed by atoms with van der Waals surface area (Å²) in [5.74, 6) is 0.934. The Balaban J connectivity index is 1.99. The molecule has 0 heterocycles. The van der Waals surface area contributed by atoms with E-state index in [0.29, 0.717) is 12.2 Å². The van der Waals surface area contributed by atoms with Crippen LogP contribution in [0, 0.1) is 0 Å². The third kappa shape index (κ3) is 3.91. The van der Waals surface area contributed by atoms with Crippen LogP contribution in [0.4, 0.5) is 5.69 Å². The Kier molecular flexibility index (Phi) is 4.88. The van der Waals surface area contributed by atoms with Gasteiger partial charge in [0, 0.05) is 5.56 Å². The number of methoxy groups -OCH3 is 1. The lowest BCUT2D eigenvalue weighted by molar-refractivity contribution is 0.0292. The van der Waals surface area contributed by atoms with Gasteiger partial charge in [-0.1, -0.05) is 30.3 Å². The second-order valence-electron chi connectivity index (χ2n) is 5.72. The fraction of sp³-hybridized carbons (Fsp3) is 0.100. The van der Waals surface area contributed by atoms with Gasteiger partial charge >= 0.3 is 0 Å². The van der Waals surface area contributed by atoms with E-state index >= 15 is 0 Å². The zero-order valence-corrected chi connectivity index (χ0v) is 13.8. The minimum absolute atomic E-state index is 0.0899. The van der Waals surface area contributed by atoms with Crippen LogP contribution in [0.3, 0.4) is 0 Å². The highest BCUT2D eigenvalue weighted by atomic mass is 16.8. The first-order valence-electron chi connectivity index (χ1n) is 7.80. The van der Waals surface area contributed by atoms with Crippen LogP contribution in [0.25, 0.3) is 11.1 Å². The minimum atomic E-state index is 0.0899. The van der Waals surface area contributed by atoms with Gasteiger partial charge in [-0.15, -0.1) is 5.23 Å². The normalized spacial score (nSPS) is 10.5. The zero-order valence-electron chi connectivity index (χ0n) is 13.8. The quantitative estimate of drug-likeness (QED) is 0.607. The van der Waals surface area contributed by atoms with E-state index in [1.54, 1.807) is 37.4 Å². The van der Waals surface area contributed by atoms with Crippen LogP contribution < -0.4 is 9.96 Å². The maximum absolute atomic E-state index is 9.62. The molecule has 0 atom stereocenters. The highest BCUT2D eigenvalue weighted by molar-refractivity contribution is 5.74. The number of aromatic hydroxyl groups is 1. The van der Waals surface area contributed by atoms with Gasteiger partial charge in [0.05, 0.1) is 12.8 Å². The van der Waals surface area contributed by atoms with E-state index in [9.17, 15) is 15.5 Å². The van der Waals surface area contributed by atoms with Crippen molar-refractivity contribution >= 4 is 5.69 Å². The van der Waals surface area contributed by atoms with Crippen LogP contribution in [0.2, 0.25) is 0 Å². The van der Waals surface area contributed by atoms with E-state index in [2.05, 4.69) is 0 Å². The second-order valence-corrected chi connectivity index (χ2v) is 5.72. The van der Waals surface area contributed by atoms with E-state index in [0.717, 1.165) is 22.3 Å². The van der Waals surface area contributed by atoms with Crippen LogP contribution in [0.5, 0.6) is 11.5 Å². The Bertz CT molecular complexity index is 877. The predicted octanol–water partition coefficient (Wildman–Crippen LogP) is 4.24. The van der Waals surface area contributed by atoms with Crippen LogP contribution in [-0.4, -0.2) is 22.6 Å². The van der Waals surface area contributed by atoms with Crippen molar-refractivity contribution in [1.29, 1.82) is 0 Å². The molecule has 0 unspecified atom stereocenters. The molecule has 5 nitrogen and oxygen atoms in total. The smallest absolute Gasteiger partial charge is 0.126 e. The van der Waals surface area contributed by atoms with Gasteiger partial charge in [-0.2, -0.15) is 0 Å². The van der Waals surface area contributed by atoms with Gasteiger partial charge in [-0.25, -0.2) is 0 Å². The number of hydrogen-bond acceptors (Lipinski definition) is 5. The molecule has 3 aromatic rings. The van der Waals surface area contributed by atoms with Gasteiger partial charge in [-0.3, -0.25) is 10.4 Å². The standard InChI is InChI=1S/C20H19NO4/c1-25-20-9-8-15(10-14-4-2-7-18(22)11-14)12-19(20)16-5-3-6-17(13-16)21(23)24/h2-9,11-13,22-24H,10H2,1H3. The Hall–Kier alpha value is -3.02. The number of anilines is 1. The van der Waals surface area contributed by atoms with Crippen molar-refractivity contribution in [2.75, 3.05) is 12.3 Å². The fourth-order valence-electron chi connectivity index (χ4n) is 2.79. The summed E-state index contributed by atoms with van der Waals surface area (Å²) in [6.45, 7) is 0. The molecule has 0 aliphatic carbocycles. The summed E-state index contributed by atoms with van der Waals surface area (Å²) in [5, 5.41) is 28.2. The summed E-state index contributed by atoms with van der Waals surface area (Å²) < 4.78 is 5.45. The number of phenols is 1. The van der Waals surface area contributed by atoms with Crippen molar-refractivity contribution in [2.24, 2.45) is 0 Å². The van der Waals surface area contributed by atoms with Crippen LogP contribution in [0.15, 0.2) is 66.7 Å². The first kappa shape index (κ1) is 16.8. The van der Waals surface area contributed by atoms with E-state index in [1.165, 1.54) is 0 Å². The third-order valence-electron chi connectivity index (χ3n) is 3.97. The topological polar surface area (TPSA) is 73.2 Å². The molecule has 0 aliphatic rings. The molecular weight excluding hydrogens is 318 g/mol. The fourth-order valence-corrected chi connectivity index (χ4v) is 2.79. The third-order valence-corrected chi connectivity index (χ3v) is 3.97. The largest absolute Gasteiger partial charge is 0.508 e. The predicted molar refractivity (Wildman–Crippen MR) is 95.4 cm³/mol. The highest BCUT2D eigenvalue weighted by Gasteiger charge is 2.10. The maximum Gasteiger partial charge on any atom is 0.126 e. The summed E-state index contributed by atoms with van der Waals surface area (Å²) in [6, 6.07) is 19.9. The van der Waals surface area contributed by atoms with E-state index in [4.69, 9.17) is 4.74 Å². The molecule has 0 spiro atoms. The summed E-state index contributed by atoms with van der Waals surface area (Å²) in [7, 11) is 1.60. The van der Waals surface area contributed by atoms with Gasteiger partial charge in [0.1, 0.15) is 11.5 Å². The lowest BCUT2D eigenvalue weighted by Crippen LogP contribution is -2.10. The molecule has 0 aliphatic heterocycles. The number of hydrogen-bond donors (Lipinski definition) is 3. The van der Waals surface area contributed by atoms with Gasteiger partial charge in [0.25, 0.3) is 0 Å². The zero-order chi connectivity index (χ0) is 17.8. The number of ether oxygens (including phenoxy) is 1. The van der Waals surface area contributed by atoms with Crippen molar-refractivity contribution < 1.29 is 20.3 Å². The number of rotatable bonds is 5. The molecule has 0 aromatic heterocycles. The van der Waals surface area contributed by atoms with Crippen molar-refractivity contribution in [2.45, 2.75) is 6.42 Å². The SMILES string of the molecule is COc1ccc(Cc2cccc(O)c2)cc1-c1cccc(N(O)O)c1. The van der Waals surface area contributed by atoms with E-state index in [-0.39, 0.29) is 16.7 Å². The Morgan fingerprint density at radius 3 is 2.36 bits per heavy atom. The van der Waals surface area contributed by atoms with Crippen molar-refractivity contribution in [3.63, 3.8) is 0 Å². The molecule has 3 rings (SSSR count). The highest BCUT2D eigenvalue weighted by Crippen LogP contribution is 2.33. The monoisotopic (exact) mass is 337 g/mol. The first-order valence-corrected chi connectivity index (χ1v) is 7.80. The first-order chi connectivity index (χ1) is 12.1. The van der Waals surface area contributed by atoms with Gasteiger partial charge in [0.15, 0.2) is 0 Å². The summed E-state index contributed by atoms with van der Waals surface area (Å²) in [6.07, 6.45) is 0.664. The Labute approximate surface area is 145 Å². The molecule has 0 saturated carbocycles. The molecular formula is C20H19NO4. The van der Waals surface area contributed by atoms with Crippen LogP contribution in [0.1, 0.15) is 11.1 Å². The van der Waals surface area contributed by atoms with Crippen LogP contribution >= 0.6 is 0 Å². The summed E-state index contributed by atoms with van der Waals surface area (Å²) >= 11 is 0. The Morgan fingerprint density at radius 1 is 0.880 bits per heavy atom. The van der Waals surface area contributed by atoms with Crippen LogP contribution in [-0.2, 0) is 6.42 Å². The molecule has 0 bridgehead atoms. The maximum atomic E-state index is 9.62. The molecule has 0 saturated heterocycles.